The van der Waals surface area contributed by atoms with Crippen molar-refractivity contribution in [2.45, 2.75) is 0 Å². The first-order chi connectivity index (χ1) is 15.3. The molecule has 3 N–H and O–H groups in total. The second-order valence-corrected chi connectivity index (χ2v) is 6.87. The van der Waals surface area contributed by atoms with Crippen LogP contribution in [0.4, 0.5) is 0 Å². The lowest BCUT2D eigenvalue weighted by Crippen LogP contribution is -2.37. The SMILES string of the molecule is c1ccc2c(OB(Oc3n[nH]c4ccccc34)Oc3n[nH]c4ccccc34)n[nH]c2c1. The Kier molecular flexibility index (Phi) is 3.98. The Morgan fingerprint density at radius 3 is 1.16 bits per heavy atom. The van der Waals surface area contributed by atoms with Gasteiger partial charge in [0.05, 0.1) is 32.7 Å². The van der Waals surface area contributed by atoms with Crippen LogP contribution in [0.25, 0.3) is 32.7 Å². The predicted octanol–water partition coefficient (Wildman–Crippen LogP) is 3.84. The maximum Gasteiger partial charge on any atom is 0.867 e. The van der Waals surface area contributed by atoms with E-state index in [1.807, 2.05) is 72.8 Å². The fraction of sp³-hybridized carbons (Fsp3) is 0. The second kappa shape index (κ2) is 7.10. The Hall–Kier alpha value is -4.47. The summed E-state index contributed by atoms with van der Waals surface area (Å²) in [6.45, 7) is 0. The zero-order chi connectivity index (χ0) is 20.6. The quantitative estimate of drug-likeness (QED) is 0.360. The van der Waals surface area contributed by atoms with Gasteiger partial charge in [-0.15, -0.1) is 15.3 Å². The summed E-state index contributed by atoms with van der Waals surface area (Å²) in [5.41, 5.74) is 2.52. The Labute approximate surface area is 175 Å². The minimum Gasteiger partial charge on any atom is -0.473 e. The molecule has 0 aliphatic carbocycles. The number of benzene rings is 3. The zero-order valence-corrected chi connectivity index (χ0v) is 16.1. The van der Waals surface area contributed by atoms with Gasteiger partial charge < -0.3 is 14.0 Å². The maximum absolute atomic E-state index is 6.02. The number of H-pyrrole nitrogens is 3. The van der Waals surface area contributed by atoms with Gasteiger partial charge in [-0.25, -0.2) is 0 Å². The summed E-state index contributed by atoms with van der Waals surface area (Å²) < 4.78 is 18.1. The molecule has 3 aromatic carbocycles. The molecular weight excluding hydrogens is 395 g/mol. The first kappa shape index (κ1) is 17.4. The van der Waals surface area contributed by atoms with E-state index in [0.29, 0.717) is 17.6 Å². The molecule has 0 spiro atoms. The minimum atomic E-state index is -1.19. The zero-order valence-electron chi connectivity index (χ0n) is 16.1. The summed E-state index contributed by atoms with van der Waals surface area (Å²) in [5, 5.41) is 24.0. The van der Waals surface area contributed by atoms with Crippen molar-refractivity contribution in [2.75, 3.05) is 0 Å². The summed E-state index contributed by atoms with van der Waals surface area (Å²) in [5.74, 6) is 1.04. The Balaban J connectivity index is 1.37. The van der Waals surface area contributed by atoms with E-state index in [9.17, 15) is 0 Å². The van der Waals surface area contributed by atoms with Gasteiger partial charge in [0.2, 0.25) is 17.6 Å². The van der Waals surface area contributed by atoms with Gasteiger partial charge in [0.25, 0.3) is 0 Å². The summed E-state index contributed by atoms with van der Waals surface area (Å²) in [4.78, 5) is 0. The van der Waals surface area contributed by atoms with E-state index in [1.165, 1.54) is 0 Å². The highest BCUT2D eigenvalue weighted by atomic mass is 16.7. The Morgan fingerprint density at radius 1 is 0.484 bits per heavy atom. The summed E-state index contributed by atoms with van der Waals surface area (Å²) in [6, 6.07) is 22.9. The highest BCUT2D eigenvalue weighted by molar-refractivity contribution is 6.40. The number of hydrogen-bond donors (Lipinski definition) is 3. The standard InChI is InChI=1S/C21H15BN6O3/c1-4-10-16-13(7-1)19(26-23-16)29-22(30-20-14-8-2-5-11-17(14)24-27-20)31-21-15-9-3-6-12-18(15)25-28-21/h1-12H,(H,23,26)(H,24,27)(H,25,28). The largest absolute Gasteiger partial charge is 0.867 e. The van der Waals surface area contributed by atoms with E-state index in [4.69, 9.17) is 14.0 Å². The molecule has 0 aliphatic heterocycles. The van der Waals surface area contributed by atoms with Crippen molar-refractivity contribution in [3.63, 3.8) is 0 Å². The van der Waals surface area contributed by atoms with Gasteiger partial charge in [-0.2, -0.15) is 0 Å². The maximum atomic E-state index is 6.02. The molecule has 6 rings (SSSR count). The van der Waals surface area contributed by atoms with Gasteiger partial charge in [0.15, 0.2) is 0 Å². The Morgan fingerprint density at radius 2 is 0.806 bits per heavy atom. The number of rotatable bonds is 6. The highest BCUT2D eigenvalue weighted by Gasteiger charge is 2.35. The first-order valence-electron chi connectivity index (χ1n) is 9.64. The van der Waals surface area contributed by atoms with Crippen molar-refractivity contribution in [3.05, 3.63) is 72.8 Å². The second-order valence-electron chi connectivity index (χ2n) is 6.87. The third kappa shape index (κ3) is 3.10. The molecule has 10 heteroatoms. The lowest BCUT2D eigenvalue weighted by molar-refractivity contribution is 0.296. The molecule has 0 amide bonds. The number of hydrogen-bond acceptors (Lipinski definition) is 6. The van der Waals surface area contributed by atoms with Crippen LogP contribution in [0.1, 0.15) is 0 Å². The van der Waals surface area contributed by atoms with E-state index >= 15 is 0 Å². The molecule has 150 valence electrons. The molecule has 0 bridgehead atoms. The van der Waals surface area contributed by atoms with Gasteiger partial charge in [-0.3, -0.25) is 15.3 Å². The third-order valence-electron chi connectivity index (χ3n) is 4.93. The van der Waals surface area contributed by atoms with Crippen LogP contribution in [0.2, 0.25) is 0 Å². The molecular formula is C21H15BN6O3. The number of fused-ring (bicyclic) bond motifs is 3. The molecule has 0 radical (unpaired) electrons. The molecule has 0 fully saturated rings. The third-order valence-corrected chi connectivity index (χ3v) is 4.93. The number of nitrogens with zero attached hydrogens (tertiary/aromatic N) is 3. The number of aromatic amines is 3. The van der Waals surface area contributed by atoms with Crippen LogP contribution in [0.15, 0.2) is 72.8 Å². The average Bonchev–Trinajstić information content (AvgIpc) is 3.52. The molecule has 0 atom stereocenters. The fourth-order valence-electron chi connectivity index (χ4n) is 3.43. The van der Waals surface area contributed by atoms with Crippen molar-refractivity contribution in [2.24, 2.45) is 0 Å². The number of para-hydroxylation sites is 3. The first-order valence-corrected chi connectivity index (χ1v) is 9.64. The molecule has 0 saturated carbocycles. The molecule has 0 unspecified atom stereocenters. The number of aromatic nitrogens is 6. The van der Waals surface area contributed by atoms with E-state index in [2.05, 4.69) is 30.6 Å². The molecule has 31 heavy (non-hydrogen) atoms. The van der Waals surface area contributed by atoms with E-state index in [1.54, 1.807) is 0 Å². The topological polar surface area (TPSA) is 114 Å². The normalized spacial score (nSPS) is 11.2. The van der Waals surface area contributed by atoms with Crippen molar-refractivity contribution in [3.8, 4) is 17.6 Å². The van der Waals surface area contributed by atoms with Crippen LogP contribution < -0.4 is 14.0 Å². The van der Waals surface area contributed by atoms with Crippen LogP contribution >= 0.6 is 0 Å². The van der Waals surface area contributed by atoms with Crippen molar-refractivity contribution >= 4 is 40.0 Å². The molecule has 9 nitrogen and oxygen atoms in total. The highest BCUT2D eigenvalue weighted by Crippen LogP contribution is 2.28. The van der Waals surface area contributed by atoms with Gasteiger partial charge in [0, 0.05) is 0 Å². The van der Waals surface area contributed by atoms with Crippen molar-refractivity contribution in [1.29, 1.82) is 0 Å². The van der Waals surface area contributed by atoms with Gasteiger partial charge >= 0.3 is 7.32 Å². The van der Waals surface area contributed by atoms with E-state index in [-0.39, 0.29) is 0 Å². The fourth-order valence-corrected chi connectivity index (χ4v) is 3.43. The van der Waals surface area contributed by atoms with Gasteiger partial charge in [-0.05, 0) is 36.4 Å². The minimum absolute atomic E-state index is 0.347. The summed E-state index contributed by atoms with van der Waals surface area (Å²) in [7, 11) is -1.19. The summed E-state index contributed by atoms with van der Waals surface area (Å²) in [6.07, 6.45) is 0. The summed E-state index contributed by atoms with van der Waals surface area (Å²) >= 11 is 0. The lowest BCUT2D eigenvalue weighted by Gasteiger charge is -2.13. The average molecular weight is 410 g/mol. The lowest BCUT2D eigenvalue weighted by atomic mass is 10.2. The monoisotopic (exact) mass is 410 g/mol. The van der Waals surface area contributed by atoms with Crippen molar-refractivity contribution < 1.29 is 14.0 Å². The molecule has 0 aliphatic rings. The molecule has 6 aromatic rings. The van der Waals surface area contributed by atoms with Crippen LogP contribution in [0, 0.1) is 0 Å². The van der Waals surface area contributed by atoms with Crippen LogP contribution in [-0.2, 0) is 0 Å². The van der Waals surface area contributed by atoms with Crippen LogP contribution in [-0.4, -0.2) is 37.9 Å². The predicted molar refractivity (Wildman–Crippen MR) is 116 cm³/mol. The smallest absolute Gasteiger partial charge is 0.473 e. The van der Waals surface area contributed by atoms with Crippen LogP contribution in [0.3, 0.4) is 0 Å². The van der Waals surface area contributed by atoms with Gasteiger partial charge in [-0.1, -0.05) is 36.4 Å². The number of nitrogens with one attached hydrogen (secondary N) is 3. The Bertz CT molecular complexity index is 1330. The van der Waals surface area contributed by atoms with Crippen molar-refractivity contribution in [1.82, 2.24) is 30.6 Å². The van der Waals surface area contributed by atoms with E-state index < -0.39 is 7.32 Å². The molecule has 3 aromatic heterocycles. The van der Waals surface area contributed by atoms with Crippen LogP contribution in [0.5, 0.6) is 17.6 Å². The van der Waals surface area contributed by atoms with Gasteiger partial charge in [0.1, 0.15) is 0 Å². The van der Waals surface area contributed by atoms with E-state index in [0.717, 1.165) is 32.7 Å². The molecule has 0 saturated heterocycles. The molecule has 3 heterocycles.